The van der Waals surface area contributed by atoms with E-state index in [1.807, 2.05) is 0 Å². The zero-order valence-corrected chi connectivity index (χ0v) is 16.2. The Morgan fingerprint density at radius 2 is 1.92 bits per heavy atom. The smallest absolute Gasteiger partial charge is 0.139 e. The van der Waals surface area contributed by atoms with E-state index in [0.717, 1.165) is 45.1 Å². The van der Waals surface area contributed by atoms with Crippen LogP contribution in [0.1, 0.15) is 58.8 Å². The molecule has 0 spiro atoms. The Balaban J connectivity index is 1.59. The van der Waals surface area contributed by atoms with Gasteiger partial charge < -0.3 is 4.74 Å². The third kappa shape index (κ3) is 1.55. The summed E-state index contributed by atoms with van der Waals surface area (Å²) in [5, 5.41) is 0. The second kappa shape index (κ2) is 4.73. The van der Waals surface area contributed by atoms with Crippen molar-refractivity contribution < 1.29 is 14.3 Å². The molecule has 24 heavy (non-hydrogen) atoms. The Kier molecular flexibility index (Phi) is 3.15. The van der Waals surface area contributed by atoms with Crippen molar-refractivity contribution in [1.29, 1.82) is 0 Å². The predicted octanol–water partition coefficient (Wildman–Crippen LogP) is 3.92. The van der Waals surface area contributed by atoms with E-state index >= 15 is 0 Å². The zero-order chi connectivity index (χ0) is 16.9. The van der Waals surface area contributed by atoms with E-state index in [2.05, 4.69) is 29.8 Å². The summed E-state index contributed by atoms with van der Waals surface area (Å²) in [7, 11) is 0. The molecular formula is C20H27BrO3. The standard InChI is InChI=1S/C20H27BrO3/c1-11-15(22)6-8-19-10-24-17(20(11,19)21)9-12-13-3-4-16(23)18(13,2)7-5-14(12)19/h11-14,17H,3-10H2,1-2H3/t11-,12+,13+,14+,17-,18+,19+,20+/m1/s1. The first kappa shape index (κ1) is 16.0. The molecule has 0 unspecified atom stereocenters. The highest BCUT2D eigenvalue weighted by molar-refractivity contribution is 9.10. The van der Waals surface area contributed by atoms with Crippen molar-refractivity contribution in [1.82, 2.24) is 0 Å². The highest BCUT2D eigenvalue weighted by Crippen LogP contribution is 2.72. The minimum atomic E-state index is -0.174. The Hall–Kier alpha value is -0.220. The minimum absolute atomic E-state index is 0.0400. The van der Waals surface area contributed by atoms with E-state index in [1.165, 1.54) is 0 Å². The molecule has 0 radical (unpaired) electrons. The monoisotopic (exact) mass is 394 g/mol. The Labute approximate surface area is 152 Å². The Morgan fingerprint density at radius 1 is 1.12 bits per heavy atom. The largest absolute Gasteiger partial charge is 0.376 e. The number of fused-ring (bicyclic) bond motifs is 3. The molecule has 1 saturated heterocycles. The molecule has 5 fully saturated rings. The van der Waals surface area contributed by atoms with E-state index in [9.17, 15) is 9.59 Å². The van der Waals surface area contributed by atoms with Gasteiger partial charge in [0.15, 0.2) is 0 Å². The molecule has 5 aliphatic rings. The lowest BCUT2D eigenvalue weighted by Gasteiger charge is -2.62. The lowest BCUT2D eigenvalue weighted by atomic mass is 9.44. The molecule has 132 valence electrons. The number of ether oxygens (including phenoxy) is 1. The van der Waals surface area contributed by atoms with Crippen molar-refractivity contribution >= 4 is 27.5 Å². The number of alkyl halides is 1. The van der Waals surface area contributed by atoms with Gasteiger partial charge in [0.2, 0.25) is 0 Å². The van der Waals surface area contributed by atoms with E-state index < -0.39 is 0 Å². The van der Waals surface area contributed by atoms with Crippen LogP contribution in [-0.2, 0) is 14.3 Å². The molecular weight excluding hydrogens is 368 g/mol. The van der Waals surface area contributed by atoms with Gasteiger partial charge in [0.05, 0.1) is 17.0 Å². The van der Waals surface area contributed by atoms with Crippen LogP contribution < -0.4 is 0 Å². The van der Waals surface area contributed by atoms with E-state index in [-0.39, 0.29) is 27.2 Å². The van der Waals surface area contributed by atoms with Gasteiger partial charge in [-0.15, -0.1) is 0 Å². The number of halogens is 1. The van der Waals surface area contributed by atoms with Crippen LogP contribution >= 0.6 is 15.9 Å². The maximum Gasteiger partial charge on any atom is 0.139 e. The highest BCUT2D eigenvalue weighted by Gasteiger charge is 2.74. The molecule has 4 heteroatoms. The van der Waals surface area contributed by atoms with Crippen molar-refractivity contribution in [2.45, 2.75) is 69.2 Å². The van der Waals surface area contributed by atoms with Gasteiger partial charge in [0.25, 0.3) is 0 Å². The molecule has 0 aromatic heterocycles. The maximum atomic E-state index is 12.5. The van der Waals surface area contributed by atoms with Gasteiger partial charge in [-0.1, -0.05) is 29.8 Å². The van der Waals surface area contributed by atoms with Gasteiger partial charge >= 0.3 is 0 Å². The van der Waals surface area contributed by atoms with Crippen molar-refractivity contribution in [3.05, 3.63) is 0 Å². The quantitative estimate of drug-likeness (QED) is 0.584. The third-order valence-electron chi connectivity index (χ3n) is 9.05. The summed E-state index contributed by atoms with van der Waals surface area (Å²) in [5.74, 6) is 2.68. The van der Waals surface area contributed by atoms with Crippen LogP contribution in [0.25, 0.3) is 0 Å². The molecule has 2 bridgehead atoms. The van der Waals surface area contributed by atoms with Gasteiger partial charge in [-0.3, -0.25) is 9.59 Å². The molecule has 0 amide bonds. The first-order valence-electron chi connectivity index (χ1n) is 9.71. The molecule has 4 saturated carbocycles. The molecule has 5 rings (SSSR count). The number of carbonyl (C=O) groups is 2. The van der Waals surface area contributed by atoms with Gasteiger partial charge in [-0.05, 0) is 49.9 Å². The van der Waals surface area contributed by atoms with Gasteiger partial charge in [0.1, 0.15) is 11.6 Å². The van der Waals surface area contributed by atoms with E-state index in [4.69, 9.17) is 4.74 Å². The lowest BCUT2D eigenvalue weighted by Crippen LogP contribution is -2.66. The van der Waals surface area contributed by atoms with Crippen LogP contribution in [0.4, 0.5) is 0 Å². The lowest BCUT2D eigenvalue weighted by molar-refractivity contribution is -0.142. The molecule has 0 aromatic carbocycles. The first-order valence-corrected chi connectivity index (χ1v) is 10.5. The summed E-state index contributed by atoms with van der Waals surface area (Å²) >= 11 is 4.11. The van der Waals surface area contributed by atoms with Crippen molar-refractivity contribution in [3.8, 4) is 0 Å². The fourth-order valence-electron chi connectivity index (χ4n) is 7.71. The van der Waals surface area contributed by atoms with Crippen molar-refractivity contribution in [2.75, 3.05) is 6.61 Å². The number of carbonyl (C=O) groups excluding carboxylic acids is 2. The fraction of sp³-hybridized carbons (Fsp3) is 0.900. The summed E-state index contributed by atoms with van der Waals surface area (Å²) in [6.07, 6.45) is 6.86. The molecule has 3 nitrogen and oxygen atoms in total. The number of Topliss-reactive ketones (excluding diaryl/α,β-unsaturated/α-hetero) is 2. The molecule has 1 heterocycles. The predicted molar refractivity (Wildman–Crippen MR) is 93.9 cm³/mol. The van der Waals surface area contributed by atoms with Crippen LogP contribution in [0.5, 0.6) is 0 Å². The Morgan fingerprint density at radius 3 is 2.71 bits per heavy atom. The van der Waals surface area contributed by atoms with Crippen LogP contribution in [0.3, 0.4) is 0 Å². The van der Waals surface area contributed by atoms with Crippen LogP contribution in [0, 0.1) is 34.5 Å². The van der Waals surface area contributed by atoms with Crippen LogP contribution in [0.2, 0.25) is 0 Å². The maximum absolute atomic E-state index is 12.5. The first-order chi connectivity index (χ1) is 11.3. The average Bonchev–Trinajstić information content (AvgIpc) is 2.95. The van der Waals surface area contributed by atoms with Crippen LogP contribution in [0.15, 0.2) is 0 Å². The minimum Gasteiger partial charge on any atom is -0.376 e. The summed E-state index contributed by atoms with van der Waals surface area (Å²) in [5.41, 5.74) is 0.0144. The molecule has 8 atom stereocenters. The number of rotatable bonds is 0. The van der Waals surface area contributed by atoms with Crippen molar-refractivity contribution in [3.63, 3.8) is 0 Å². The van der Waals surface area contributed by atoms with Gasteiger partial charge in [0, 0.05) is 29.6 Å². The number of hydrogen-bond acceptors (Lipinski definition) is 3. The normalized spacial score (nSPS) is 59.0. The molecule has 0 N–H and O–H groups in total. The summed E-state index contributed by atoms with van der Waals surface area (Å²) in [6, 6.07) is 0. The average molecular weight is 395 g/mol. The SMILES string of the molecule is C[C@@H]1C(=O)CC[C@]23CO[C@H](C[C@@H]4[C@@H]2CC[C@]2(C)C(=O)CC[C@@H]42)[C@@]13Br. The molecule has 4 aliphatic carbocycles. The van der Waals surface area contributed by atoms with E-state index in [1.54, 1.807) is 0 Å². The van der Waals surface area contributed by atoms with E-state index in [0.29, 0.717) is 35.7 Å². The van der Waals surface area contributed by atoms with Crippen LogP contribution in [-0.4, -0.2) is 28.6 Å². The third-order valence-corrected chi connectivity index (χ3v) is 11.0. The van der Waals surface area contributed by atoms with Crippen molar-refractivity contribution in [2.24, 2.45) is 34.5 Å². The molecule has 1 aliphatic heterocycles. The zero-order valence-electron chi connectivity index (χ0n) is 14.6. The highest BCUT2D eigenvalue weighted by atomic mass is 79.9. The summed E-state index contributed by atoms with van der Waals surface area (Å²) in [6.45, 7) is 5.14. The Bertz CT molecular complexity index is 632. The molecule has 0 aromatic rings. The summed E-state index contributed by atoms with van der Waals surface area (Å²) < 4.78 is 6.18. The fourth-order valence-corrected chi connectivity index (χ4v) is 8.89. The summed E-state index contributed by atoms with van der Waals surface area (Å²) in [4.78, 5) is 25.0. The number of hydrogen-bond donors (Lipinski definition) is 0. The second-order valence-electron chi connectivity index (χ2n) is 9.44. The van der Waals surface area contributed by atoms with Gasteiger partial charge in [-0.2, -0.15) is 0 Å². The topological polar surface area (TPSA) is 43.4 Å². The number of ketones is 2. The second-order valence-corrected chi connectivity index (χ2v) is 10.8. The van der Waals surface area contributed by atoms with Gasteiger partial charge in [-0.25, -0.2) is 0 Å².